The summed E-state index contributed by atoms with van der Waals surface area (Å²) in [6, 6.07) is 1.80. The quantitative estimate of drug-likeness (QED) is 0.670. The minimum Gasteiger partial charge on any atom is -0.376 e. The van der Waals surface area contributed by atoms with Crippen LogP contribution in [0, 0.1) is 13.8 Å². The fourth-order valence-corrected chi connectivity index (χ4v) is 4.25. The number of thiophene rings is 1. The Bertz CT molecular complexity index is 961. The van der Waals surface area contributed by atoms with Gasteiger partial charge < -0.3 is 19.9 Å². The summed E-state index contributed by atoms with van der Waals surface area (Å²) in [5.41, 5.74) is 1.66. The molecule has 27 heavy (non-hydrogen) atoms. The van der Waals surface area contributed by atoms with Crippen molar-refractivity contribution >= 4 is 33.3 Å². The van der Waals surface area contributed by atoms with Gasteiger partial charge >= 0.3 is 0 Å². The molecule has 1 aliphatic heterocycles. The lowest BCUT2D eigenvalue weighted by molar-refractivity contribution is 0.0950. The number of rotatable bonds is 6. The fourth-order valence-electron chi connectivity index (χ4n) is 3.19. The minimum absolute atomic E-state index is 0.158. The third-order valence-electron chi connectivity index (χ3n) is 4.55. The van der Waals surface area contributed by atoms with Crippen molar-refractivity contribution in [3.05, 3.63) is 34.3 Å². The van der Waals surface area contributed by atoms with Crippen molar-refractivity contribution in [2.75, 3.05) is 18.5 Å². The average Bonchev–Trinajstić information content (AvgIpc) is 3.39. The molecule has 8 nitrogen and oxygen atoms in total. The zero-order valence-electron chi connectivity index (χ0n) is 15.2. The Balaban J connectivity index is 1.52. The molecule has 1 atom stereocenters. The van der Waals surface area contributed by atoms with Gasteiger partial charge in [0, 0.05) is 19.2 Å². The van der Waals surface area contributed by atoms with E-state index in [2.05, 4.69) is 25.8 Å². The highest BCUT2D eigenvalue weighted by atomic mass is 32.1. The molecule has 0 radical (unpaired) electrons. The van der Waals surface area contributed by atoms with Crippen molar-refractivity contribution in [3.63, 3.8) is 0 Å². The summed E-state index contributed by atoms with van der Waals surface area (Å²) >= 11 is 1.36. The van der Waals surface area contributed by atoms with E-state index < -0.39 is 0 Å². The number of aromatic nitrogens is 3. The van der Waals surface area contributed by atoms with E-state index in [0.29, 0.717) is 23.7 Å². The first-order valence-corrected chi connectivity index (χ1v) is 9.73. The first-order chi connectivity index (χ1) is 13.1. The summed E-state index contributed by atoms with van der Waals surface area (Å²) < 4.78 is 10.8. The molecule has 142 valence electrons. The Hall–Kier alpha value is -2.52. The Morgan fingerprint density at radius 3 is 3.00 bits per heavy atom. The molecular weight excluding hydrogens is 366 g/mol. The van der Waals surface area contributed by atoms with Crippen molar-refractivity contribution in [1.29, 1.82) is 0 Å². The molecule has 4 heterocycles. The summed E-state index contributed by atoms with van der Waals surface area (Å²) in [6.45, 7) is 5.58. The molecule has 1 unspecified atom stereocenters. The van der Waals surface area contributed by atoms with E-state index >= 15 is 0 Å². The number of hydrogen-bond donors (Lipinski definition) is 2. The zero-order chi connectivity index (χ0) is 18.8. The van der Waals surface area contributed by atoms with Gasteiger partial charge in [0.25, 0.3) is 5.91 Å². The van der Waals surface area contributed by atoms with E-state index in [9.17, 15) is 4.79 Å². The number of nitrogens with zero attached hydrogens (tertiary/aromatic N) is 3. The highest BCUT2D eigenvalue weighted by Gasteiger charge is 2.21. The molecular formula is C18H21N5O3S. The van der Waals surface area contributed by atoms with E-state index in [1.807, 2.05) is 13.8 Å². The molecule has 0 aliphatic carbocycles. The fraction of sp³-hybridized carbons (Fsp3) is 0.444. The molecule has 9 heteroatoms. The molecule has 4 rings (SSSR count). The molecule has 0 saturated carbocycles. The molecule has 3 aromatic rings. The topological polar surface area (TPSA) is 102 Å². The van der Waals surface area contributed by atoms with Crippen molar-refractivity contribution < 1.29 is 14.1 Å². The zero-order valence-corrected chi connectivity index (χ0v) is 16.1. The van der Waals surface area contributed by atoms with Gasteiger partial charge in [-0.3, -0.25) is 4.79 Å². The molecule has 2 N–H and O–H groups in total. The lowest BCUT2D eigenvalue weighted by Gasteiger charge is -2.12. The molecule has 3 aromatic heterocycles. The second-order valence-electron chi connectivity index (χ2n) is 6.59. The van der Waals surface area contributed by atoms with Crippen molar-refractivity contribution in [1.82, 2.24) is 20.4 Å². The Morgan fingerprint density at radius 1 is 1.37 bits per heavy atom. The van der Waals surface area contributed by atoms with Gasteiger partial charge in [0.05, 0.1) is 28.6 Å². The Morgan fingerprint density at radius 2 is 2.26 bits per heavy atom. The SMILES string of the molecule is Cc1cc(CNC(=O)c2sc3ncnc(NCC4CCCO4)c3c2C)on1. The van der Waals surface area contributed by atoms with Gasteiger partial charge in [-0.2, -0.15) is 0 Å². The third kappa shape index (κ3) is 3.79. The number of amides is 1. The summed E-state index contributed by atoms with van der Waals surface area (Å²) in [7, 11) is 0. The smallest absolute Gasteiger partial charge is 0.262 e. The number of hydrogen-bond acceptors (Lipinski definition) is 8. The number of fused-ring (bicyclic) bond motifs is 1. The van der Waals surface area contributed by atoms with Crippen molar-refractivity contribution in [2.45, 2.75) is 39.3 Å². The number of nitrogens with one attached hydrogen (secondary N) is 2. The summed E-state index contributed by atoms with van der Waals surface area (Å²) in [6.07, 6.45) is 3.88. The molecule has 0 spiro atoms. The van der Waals surface area contributed by atoms with Gasteiger partial charge in [0.2, 0.25) is 0 Å². The van der Waals surface area contributed by atoms with Crippen LogP contribution in [0.2, 0.25) is 0 Å². The second kappa shape index (κ2) is 7.61. The minimum atomic E-state index is -0.158. The molecule has 1 fully saturated rings. The number of carbonyl (C=O) groups excluding carboxylic acids is 1. The van der Waals surface area contributed by atoms with E-state index in [1.165, 1.54) is 17.7 Å². The monoisotopic (exact) mass is 387 g/mol. The van der Waals surface area contributed by atoms with Gasteiger partial charge in [-0.25, -0.2) is 9.97 Å². The van der Waals surface area contributed by atoms with Gasteiger partial charge in [0.15, 0.2) is 5.76 Å². The third-order valence-corrected chi connectivity index (χ3v) is 5.75. The first kappa shape index (κ1) is 17.9. The lowest BCUT2D eigenvalue weighted by atomic mass is 10.2. The summed E-state index contributed by atoms with van der Waals surface area (Å²) in [4.78, 5) is 22.8. The van der Waals surface area contributed by atoms with E-state index in [1.54, 1.807) is 6.07 Å². The maximum Gasteiger partial charge on any atom is 0.262 e. The predicted molar refractivity (Wildman–Crippen MR) is 102 cm³/mol. The first-order valence-electron chi connectivity index (χ1n) is 8.92. The summed E-state index contributed by atoms with van der Waals surface area (Å²) in [5, 5.41) is 10.9. The number of aryl methyl sites for hydroxylation is 2. The second-order valence-corrected chi connectivity index (χ2v) is 7.59. The number of anilines is 1. The van der Waals surface area contributed by atoms with Crippen LogP contribution in [0.15, 0.2) is 16.9 Å². The van der Waals surface area contributed by atoms with Crippen molar-refractivity contribution in [2.24, 2.45) is 0 Å². The molecule has 0 bridgehead atoms. The van der Waals surface area contributed by atoms with Crippen LogP contribution in [-0.4, -0.2) is 40.3 Å². The van der Waals surface area contributed by atoms with Crippen LogP contribution in [-0.2, 0) is 11.3 Å². The number of carbonyl (C=O) groups is 1. The normalized spacial score (nSPS) is 16.7. The van der Waals surface area contributed by atoms with Crippen LogP contribution in [0.5, 0.6) is 0 Å². The standard InChI is InChI=1S/C18H21N5O3S/c1-10-6-13(26-23-10)8-20-17(24)15-11(2)14-16(21-9-22-18(14)27-15)19-7-12-4-3-5-25-12/h6,9,12H,3-5,7-8H2,1-2H3,(H,20,24)(H,19,21,22). The van der Waals surface area contributed by atoms with Crippen LogP contribution in [0.3, 0.4) is 0 Å². The van der Waals surface area contributed by atoms with Gasteiger partial charge in [-0.15, -0.1) is 11.3 Å². The highest BCUT2D eigenvalue weighted by Crippen LogP contribution is 2.33. The van der Waals surface area contributed by atoms with Crippen LogP contribution >= 0.6 is 11.3 Å². The molecule has 0 aromatic carbocycles. The van der Waals surface area contributed by atoms with E-state index in [4.69, 9.17) is 9.26 Å². The summed E-state index contributed by atoms with van der Waals surface area (Å²) in [5.74, 6) is 1.21. The predicted octanol–water partition coefficient (Wildman–Crippen LogP) is 2.82. The largest absolute Gasteiger partial charge is 0.376 e. The molecule has 1 saturated heterocycles. The van der Waals surface area contributed by atoms with Crippen molar-refractivity contribution in [3.8, 4) is 0 Å². The van der Waals surface area contributed by atoms with Crippen LogP contribution in [0.1, 0.15) is 39.5 Å². The number of ether oxygens (including phenoxy) is 1. The van der Waals surface area contributed by atoms with Crippen LogP contribution in [0.25, 0.3) is 10.2 Å². The van der Waals surface area contributed by atoms with Gasteiger partial charge in [0.1, 0.15) is 17.0 Å². The lowest BCUT2D eigenvalue weighted by Crippen LogP contribution is -2.22. The van der Waals surface area contributed by atoms with Gasteiger partial charge in [-0.1, -0.05) is 5.16 Å². The Labute approximate surface area is 160 Å². The maximum absolute atomic E-state index is 12.6. The molecule has 1 aliphatic rings. The average molecular weight is 387 g/mol. The highest BCUT2D eigenvalue weighted by molar-refractivity contribution is 7.20. The van der Waals surface area contributed by atoms with Crippen LogP contribution in [0.4, 0.5) is 5.82 Å². The van der Waals surface area contributed by atoms with E-state index in [-0.39, 0.29) is 12.0 Å². The molecule has 1 amide bonds. The Kier molecular flexibility index (Phi) is 5.04. The van der Waals surface area contributed by atoms with E-state index in [0.717, 1.165) is 46.7 Å². The maximum atomic E-state index is 12.6. The van der Waals surface area contributed by atoms with Gasteiger partial charge in [-0.05, 0) is 32.3 Å². The van der Waals surface area contributed by atoms with Crippen LogP contribution < -0.4 is 10.6 Å².